The Bertz CT molecular complexity index is 198. The second-order valence-corrected chi connectivity index (χ2v) is 7.16. The van der Waals surface area contributed by atoms with Gasteiger partial charge in [0.05, 0.1) is 6.73 Å². The zero-order valence-corrected chi connectivity index (χ0v) is 14.9. The normalized spacial score (nSPS) is 12.3. The Balaban J connectivity index is 4.05. The molecule has 0 spiro atoms. The number of ether oxygens (including phenoxy) is 1. The van der Waals surface area contributed by atoms with E-state index in [1.54, 1.807) is 0 Å². The minimum atomic E-state index is -2.48. The standard InChI is InChI=1S/C14H33NO4Si/c1-6-15(7-2)14-16-12-11-13-20(17-8-3,18-9-4)19-10-5/h6-14H2,1-5H3. The van der Waals surface area contributed by atoms with Crippen LogP contribution in [0.1, 0.15) is 41.0 Å². The maximum absolute atomic E-state index is 5.81. The Morgan fingerprint density at radius 1 is 0.800 bits per heavy atom. The fraction of sp³-hybridized carbons (Fsp3) is 1.00. The van der Waals surface area contributed by atoms with Crippen LogP contribution in [0.25, 0.3) is 0 Å². The van der Waals surface area contributed by atoms with Crippen LogP contribution in [0.15, 0.2) is 0 Å². The summed E-state index contributed by atoms with van der Waals surface area (Å²) in [7, 11) is -2.48. The fourth-order valence-corrected chi connectivity index (χ4v) is 4.57. The molecule has 5 nitrogen and oxygen atoms in total. The van der Waals surface area contributed by atoms with Crippen molar-refractivity contribution < 1.29 is 18.0 Å². The molecule has 0 aliphatic heterocycles. The molecule has 122 valence electrons. The van der Waals surface area contributed by atoms with Crippen LogP contribution < -0.4 is 0 Å². The van der Waals surface area contributed by atoms with E-state index in [1.807, 2.05) is 20.8 Å². The summed E-state index contributed by atoms with van der Waals surface area (Å²) in [6, 6.07) is 0.820. The molecule has 0 bridgehead atoms. The Hall–Kier alpha value is 0.0169. The maximum atomic E-state index is 5.81. The number of nitrogens with zero attached hydrogens (tertiary/aromatic N) is 1. The molecule has 0 aromatic carbocycles. The lowest BCUT2D eigenvalue weighted by Crippen LogP contribution is -2.46. The SMILES string of the molecule is CCO[Si](CCCOCN(CC)CC)(OCC)OCC. The van der Waals surface area contributed by atoms with Crippen LogP contribution in [0.5, 0.6) is 0 Å². The van der Waals surface area contributed by atoms with Crippen LogP contribution in [-0.4, -0.2) is 60.0 Å². The molecule has 0 saturated heterocycles. The molecule has 0 radical (unpaired) electrons. The quantitative estimate of drug-likeness (QED) is 0.280. The minimum absolute atomic E-state index is 0.631. The zero-order valence-electron chi connectivity index (χ0n) is 13.9. The van der Waals surface area contributed by atoms with Crippen molar-refractivity contribution in [2.75, 3.05) is 46.2 Å². The van der Waals surface area contributed by atoms with Crippen LogP contribution in [0, 0.1) is 0 Å². The second kappa shape index (κ2) is 12.7. The van der Waals surface area contributed by atoms with Gasteiger partial charge in [-0.05, 0) is 40.3 Å². The molecular formula is C14H33NO4Si. The van der Waals surface area contributed by atoms with E-state index >= 15 is 0 Å². The smallest absolute Gasteiger partial charge is 0.374 e. The van der Waals surface area contributed by atoms with Gasteiger partial charge in [-0.1, -0.05) is 13.8 Å². The van der Waals surface area contributed by atoms with Crippen molar-refractivity contribution in [3.8, 4) is 0 Å². The Morgan fingerprint density at radius 2 is 1.30 bits per heavy atom. The molecule has 0 aromatic rings. The molecule has 0 amide bonds. The molecule has 0 N–H and O–H groups in total. The zero-order chi connectivity index (χ0) is 15.3. The fourth-order valence-electron chi connectivity index (χ4n) is 1.99. The van der Waals surface area contributed by atoms with Crippen LogP contribution in [0.2, 0.25) is 6.04 Å². The van der Waals surface area contributed by atoms with Crippen molar-refractivity contribution in [1.29, 1.82) is 0 Å². The molecule has 0 aromatic heterocycles. The molecule has 0 aliphatic rings. The van der Waals surface area contributed by atoms with E-state index in [-0.39, 0.29) is 0 Å². The highest BCUT2D eigenvalue weighted by Gasteiger charge is 2.39. The summed E-state index contributed by atoms with van der Waals surface area (Å²) in [5.74, 6) is 0. The minimum Gasteiger partial charge on any atom is -0.374 e. The third-order valence-electron chi connectivity index (χ3n) is 3.03. The predicted molar refractivity (Wildman–Crippen MR) is 83.8 cm³/mol. The summed E-state index contributed by atoms with van der Waals surface area (Å²) in [5.41, 5.74) is 0. The lowest BCUT2D eigenvalue weighted by molar-refractivity contribution is 0.0291. The van der Waals surface area contributed by atoms with Crippen LogP contribution in [0.3, 0.4) is 0 Å². The van der Waals surface area contributed by atoms with Crippen LogP contribution in [0.4, 0.5) is 0 Å². The highest BCUT2D eigenvalue weighted by atomic mass is 28.4. The van der Waals surface area contributed by atoms with E-state index in [9.17, 15) is 0 Å². The lowest BCUT2D eigenvalue weighted by Gasteiger charge is -2.28. The summed E-state index contributed by atoms with van der Waals surface area (Å²) in [6.45, 7) is 15.6. The van der Waals surface area contributed by atoms with Gasteiger partial charge in [-0.3, -0.25) is 4.90 Å². The molecule has 0 saturated carbocycles. The Labute approximate surface area is 125 Å². The van der Waals surface area contributed by atoms with Gasteiger partial charge in [0.15, 0.2) is 0 Å². The maximum Gasteiger partial charge on any atom is 0.501 e. The molecule has 0 heterocycles. The second-order valence-electron chi connectivity index (χ2n) is 4.43. The van der Waals surface area contributed by atoms with Gasteiger partial charge in [0, 0.05) is 32.5 Å². The van der Waals surface area contributed by atoms with Crippen molar-refractivity contribution in [3.05, 3.63) is 0 Å². The molecular weight excluding hydrogens is 274 g/mol. The van der Waals surface area contributed by atoms with Crippen molar-refractivity contribution in [3.63, 3.8) is 0 Å². The average Bonchev–Trinajstić information content (AvgIpc) is 2.44. The van der Waals surface area contributed by atoms with E-state index in [1.165, 1.54) is 0 Å². The van der Waals surface area contributed by atoms with Gasteiger partial charge in [-0.15, -0.1) is 0 Å². The van der Waals surface area contributed by atoms with Gasteiger partial charge < -0.3 is 18.0 Å². The highest BCUT2D eigenvalue weighted by molar-refractivity contribution is 6.60. The largest absolute Gasteiger partial charge is 0.501 e. The lowest BCUT2D eigenvalue weighted by atomic mass is 10.5. The van der Waals surface area contributed by atoms with Gasteiger partial charge in [0.25, 0.3) is 0 Å². The molecule has 20 heavy (non-hydrogen) atoms. The first-order valence-corrected chi connectivity index (χ1v) is 9.83. The van der Waals surface area contributed by atoms with Gasteiger partial charge in [-0.25, -0.2) is 0 Å². The Kier molecular flexibility index (Phi) is 12.7. The van der Waals surface area contributed by atoms with Gasteiger partial charge in [0.1, 0.15) is 0 Å². The van der Waals surface area contributed by atoms with E-state index in [2.05, 4.69) is 18.7 Å². The van der Waals surface area contributed by atoms with E-state index < -0.39 is 8.80 Å². The van der Waals surface area contributed by atoms with Crippen molar-refractivity contribution in [2.45, 2.75) is 47.1 Å². The molecule has 6 heteroatoms. The van der Waals surface area contributed by atoms with E-state index in [0.29, 0.717) is 26.6 Å². The van der Waals surface area contributed by atoms with Crippen molar-refractivity contribution >= 4 is 8.80 Å². The average molecular weight is 308 g/mol. The van der Waals surface area contributed by atoms with Crippen LogP contribution >= 0.6 is 0 Å². The molecule has 0 fully saturated rings. The topological polar surface area (TPSA) is 40.2 Å². The monoisotopic (exact) mass is 307 g/mol. The number of hydrogen-bond acceptors (Lipinski definition) is 5. The summed E-state index contributed by atoms with van der Waals surface area (Å²) >= 11 is 0. The van der Waals surface area contributed by atoms with Crippen molar-refractivity contribution in [1.82, 2.24) is 4.90 Å². The Morgan fingerprint density at radius 3 is 1.70 bits per heavy atom. The highest BCUT2D eigenvalue weighted by Crippen LogP contribution is 2.18. The number of hydrogen-bond donors (Lipinski definition) is 0. The number of rotatable bonds is 14. The van der Waals surface area contributed by atoms with Gasteiger partial charge in [-0.2, -0.15) is 0 Å². The molecule has 0 atom stereocenters. The van der Waals surface area contributed by atoms with E-state index in [0.717, 1.165) is 32.2 Å². The first-order chi connectivity index (χ1) is 9.67. The van der Waals surface area contributed by atoms with Gasteiger partial charge in [0.2, 0.25) is 0 Å². The third kappa shape index (κ3) is 8.34. The summed E-state index contributed by atoms with van der Waals surface area (Å²) in [5, 5.41) is 0. The summed E-state index contributed by atoms with van der Waals surface area (Å²) < 4.78 is 23.1. The predicted octanol–water partition coefficient (Wildman–Crippen LogP) is 2.74. The first-order valence-electron chi connectivity index (χ1n) is 7.89. The molecule has 0 aliphatic carbocycles. The summed E-state index contributed by atoms with van der Waals surface area (Å²) in [6.07, 6.45) is 0.910. The van der Waals surface area contributed by atoms with Crippen molar-refractivity contribution in [2.24, 2.45) is 0 Å². The summed E-state index contributed by atoms with van der Waals surface area (Å²) in [4.78, 5) is 2.25. The third-order valence-corrected chi connectivity index (χ3v) is 6.18. The first kappa shape index (κ1) is 20.0. The van der Waals surface area contributed by atoms with Crippen LogP contribution in [-0.2, 0) is 18.0 Å². The molecule has 0 rings (SSSR count). The molecule has 0 unspecified atom stereocenters. The van der Waals surface area contributed by atoms with E-state index in [4.69, 9.17) is 18.0 Å². The van der Waals surface area contributed by atoms with Gasteiger partial charge >= 0.3 is 8.80 Å².